The third-order valence-electron chi connectivity index (χ3n) is 3.27. The molecule has 19 heavy (non-hydrogen) atoms. The molecule has 4 aromatic rings. The number of rotatable bonds is 1. The van der Waals surface area contributed by atoms with Gasteiger partial charge in [-0.1, -0.05) is 0 Å². The van der Waals surface area contributed by atoms with E-state index in [1.807, 2.05) is 11.3 Å². The van der Waals surface area contributed by atoms with E-state index in [-0.39, 0.29) is 0 Å². The van der Waals surface area contributed by atoms with E-state index in [0.717, 1.165) is 0 Å². The topological polar surface area (TPSA) is 0 Å². The van der Waals surface area contributed by atoms with Gasteiger partial charge in [0.15, 0.2) is 0 Å². The molecule has 2 aromatic carbocycles. The van der Waals surface area contributed by atoms with Crippen molar-refractivity contribution >= 4 is 68.2 Å². The average molecular weight is 439 g/mol. The van der Waals surface area contributed by atoms with Crippen LogP contribution in [0.2, 0.25) is 0 Å². The quantitative estimate of drug-likeness (QED) is 0.276. The molecule has 0 atom stereocenters. The van der Waals surface area contributed by atoms with Gasteiger partial charge in [0.1, 0.15) is 0 Å². The van der Waals surface area contributed by atoms with Crippen molar-refractivity contribution in [3.05, 3.63) is 57.5 Å². The van der Waals surface area contributed by atoms with E-state index >= 15 is 0 Å². The molecule has 0 unspecified atom stereocenters. The van der Waals surface area contributed by atoms with E-state index in [0.29, 0.717) is 14.5 Å². The minimum atomic E-state index is 0.475. The monoisotopic (exact) mass is 440 g/mol. The summed E-state index contributed by atoms with van der Waals surface area (Å²) < 4.78 is 4.56. The van der Waals surface area contributed by atoms with Gasteiger partial charge in [-0.3, -0.25) is 0 Å². The standard InChI is InChI=1S/C16H9ISSe/c17-14-13-7-8-18-16(13)19-15(14)12-6-5-10-3-1-2-4-11(10)9-12/h1-9H. The molecule has 92 valence electrons. The van der Waals surface area contributed by atoms with E-state index in [9.17, 15) is 0 Å². The molecule has 0 aliphatic rings. The predicted molar refractivity (Wildman–Crippen MR) is 94.4 cm³/mol. The van der Waals surface area contributed by atoms with Crippen LogP contribution in [0.1, 0.15) is 0 Å². The van der Waals surface area contributed by atoms with E-state index < -0.39 is 0 Å². The Morgan fingerprint density at radius 3 is 2.63 bits per heavy atom. The van der Waals surface area contributed by atoms with Crippen LogP contribution in [-0.4, -0.2) is 14.5 Å². The van der Waals surface area contributed by atoms with E-state index in [1.165, 1.54) is 25.3 Å². The second kappa shape index (κ2) is 4.74. The fourth-order valence-electron chi connectivity index (χ4n) is 2.31. The molecule has 3 heteroatoms. The maximum atomic E-state index is 2.51. The first-order valence-corrected chi connectivity index (χ1v) is 9.65. The molecular weight excluding hydrogens is 430 g/mol. The van der Waals surface area contributed by atoms with Crippen LogP contribution in [0.15, 0.2) is 53.9 Å². The van der Waals surface area contributed by atoms with Crippen LogP contribution in [0.4, 0.5) is 0 Å². The number of thiophene rings is 1. The number of hydrogen-bond acceptors (Lipinski definition) is 1. The van der Waals surface area contributed by atoms with Crippen molar-refractivity contribution in [2.75, 3.05) is 0 Å². The first kappa shape index (κ1) is 12.2. The van der Waals surface area contributed by atoms with Crippen LogP contribution in [0, 0.1) is 3.57 Å². The average Bonchev–Trinajstić information content (AvgIpc) is 3.02. The van der Waals surface area contributed by atoms with Crippen molar-refractivity contribution < 1.29 is 0 Å². The van der Waals surface area contributed by atoms with Gasteiger partial charge in [-0.15, -0.1) is 0 Å². The molecule has 0 bridgehead atoms. The summed E-state index contributed by atoms with van der Waals surface area (Å²) in [4.78, 5) is 0. The first-order valence-electron chi connectivity index (χ1n) is 5.97. The van der Waals surface area contributed by atoms with Gasteiger partial charge in [0, 0.05) is 0 Å². The molecule has 4 rings (SSSR count). The molecule has 0 N–H and O–H groups in total. The Labute approximate surface area is 135 Å². The number of hydrogen-bond donors (Lipinski definition) is 0. The van der Waals surface area contributed by atoms with E-state index in [4.69, 9.17) is 0 Å². The van der Waals surface area contributed by atoms with Gasteiger partial charge in [0.25, 0.3) is 0 Å². The zero-order valence-corrected chi connectivity index (χ0v) is 14.6. The van der Waals surface area contributed by atoms with Gasteiger partial charge >= 0.3 is 136 Å². The second-order valence-electron chi connectivity index (χ2n) is 4.43. The van der Waals surface area contributed by atoms with Crippen molar-refractivity contribution in [1.29, 1.82) is 0 Å². The van der Waals surface area contributed by atoms with Gasteiger partial charge in [0.2, 0.25) is 0 Å². The van der Waals surface area contributed by atoms with Gasteiger partial charge in [-0.05, 0) is 0 Å². The minimum absolute atomic E-state index is 0.475. The number of fused-ring (bicyclic) bond motifs is 2. The second-order valence-corrected chi connectivity index (χ2v) is 9.15. The van der Waals surface area contributed by atoms with Crippen LogP contribution >= 0.6 is 33.9 Å². The fourth-order valence-corrected chi connectivity index (χ4v) is 7.91. The summed E-state index contributed by atoms with van der Waals surface area (Å²) in [5.74, 6) is 0. The van der Waals surface area contributed by atoms with E-state index in [2.05, 4.69) is 76.5 Å². The van der Waals surface area contributed by atoms with Gasteiger partial charge in [0.05, 0.1) is 0 Å². The van der Waals surface area contributed by atoms with Crippen LogP contribution in [0.3, 0.4) is 0 Å². The molecule has 2 heterocycles. The zero-order valence-electron chi connectivity index (χ0n) is 9.89. The molecule has 0 aliphatic carbocycles. The van der Waals surface area contributed by atoms with Crippen molar-refractivity contribution in [2.24, 2.45) is 0 Å². The predicted octanol–water partition coefficient (Wildman–Crippen LogP) is 5.38. The molecule has 0 fully saturated rings. The van der Waals surface area contributed by atoms with Crippen molar-refractivity contribution in [2.45, 2.75) is 0 Å². The molecule has 0 saturated carbocycles. The van der Waals surface area contributed by atoms with Gasteiger partial charge < -0.3 is 0 Å². The fraction of sp³-hybridized carbons (Fsp3) is 0. The normalized spacial score (nSPS) is 11.4. The first-order chi connectivity index (χ1) is 9.33. The van der Waals surface area contributed by atoms with Crippen LogP contribution in [0.5, 0.6) is 0 Å². The summed E-state index contributed by atoms with van der Waals surface area (Å²) in [7, 11) is 0. The zero-order chi connectivity index (χ0) is 12.8. The third kappa shape index (κ3) is 2.00. The molecule has 2 aromatic heterocycles. The maximum absolute atomic E-state index is 2.51. The Morgan fingerprint density at radius 2 is 1.79 bits per heavy atom. The van der Waals surface area contributed by atoms with Crippen LogP contribution in [-0.2, 0) is 0 Å². The summed E-state index contributed by atoms with van der Waals surface area (Å²) in [5.41, 5.74) is 1.39. The Bertz CT molecular complexity index is 888. The van der Waals surface area contributed by atoms with Crippen LogP contribution in [0.25, 0.3) is 29.7 Å². The van der Waals surface area contributed by atoms with Crippen molar-refractivity contribution in [3.8, 4) is 10.0 Å². The SMILES string of the molecule is Ic1c(-c2ccc3ccccc3c2)[se]c2sccc12. The van der Waals surface area contributed by atoms with Gasteiger partial charge in [-0.25, -0.2) is 0 Å². The molecule has 0 amide bonds. The third-order valence-corrected chi connectivity index (χ3v) is 9.16. The Balaban J connectivity index is 1.98. The molecule has 0 saturated heterocycles. The Morgan fingerprint density at radius 1 is 0.947 bits per heavy atom. The van der Waals surface area contributed by atoms with Crippen LogP contribution < -0.4 is 0 Å². The summed E-state index contributed by atoms with van der Waals surface area (Å²) in [6, 6.07) is 17.7. The van der Waals surface area contributed by atoms with Gasteiger partial charge in [-0.2, -0.15) is 0 Å². The molecule has 0 spiro atoms. The molecule has 0 aliphatic heterocycles. The Hall–Kier alpha value is -0.611. The number of halogens is 1. The summed E-state index contributed by atoms with van der Waals surface area (Å²) in [5, 5.41) is 6.33. The summed E-state index contributed by atoms with van der Waals surface area (Å²) >= 11 is 4.89. The Kier molecular flexibility index (Phi) is 3.03. The summed E-state index contributed by atoms with van der Waals surface area (Å²) in [6.45, 7) is 0. The number of benzene rings is 2. The molecular formula is C16H9ISSe. The van der Waals surface area contributed by atoms with Crippen molar-refractivity contribution in [1.82, 2.24) is 0 Å². The van der Waals surface area contributed by atoms with Crippen molar-refractivity contribution in [3.63, 3.8) is 0 Å². The molecule has 0 nitrogen and oxygen atoms in total. The molecule has 0 radical (unpaired) electrons. The summed E-state index contributed by atoms with van der Waals surface area (Å²) in [6.07, 6.45) is 0. The van der Waals surface area contributed by atoms with E-state index in [1.54, 1.807) is 8.01 Å².